The third kappa shape index (κ3) is 4.45. The van der Waals surface area contributed by atoms with E-state index in [0.29, 0.717) is 5.71 Å². The molecule has 91 valence electrons. The van der Waals surface area contributed by atoms with Gasteiger partial charge in [0.25, 0.3) is 0 Å². The average Bonchev–Trinajstić information content (AvgIpc) is 2.09. The Hall–Kier alpha value is -0.675. The van der Waals surface area contributed by atoms with Crippen LogP contribution in [0, 0.1) is 5.41 Å². The lowest BCUT2D eigenvalue weighted by molar-refractivity contribution is -0.0903. The Labute approximate surface area is 98.9 Å². The highest BCUT2D eigenvalue weighted by molar-refractivity contribution is 6.44. The molecule has 0 aliphatic carbocycles. The summed E-state index contributed by atoms with van der Waals surface area (Å²) in [5.41, 5.74) is -1.20. The molecule has 0 saturated heterocycles. The summed E-state index contributed by atoms with van der Waals surface area (Å²) in [5.74, 6) is -0.244. The third-order valence-corrected chi connectivity index (χ3v) is 2.79. The summed E-state index contributed by atoms with van der Waals surface area (Å²) in [6.07, 6.45) is 1.64. The van der Waals surface area contributed by atoms with Crippen LogP contribution in [0.2, 0.25) is 5.82 Å². The van der Waals surface area contributed by atoms with Gasteiger partial charge in [-0.1, -0.05) is 0 Å². The second kappa shape index (κ2) is 5.59. The number of hydrogen-bond donors (Lipinski definition) is 2. The molecule has 0 aliphatic heterocycles. The lowest BCUT2D eigenvalue weighted by atomic mass is 9.75. The van der Waals surface area contributed by atoms with E-state index in [1.54, 1.807) is 41.5 Å². The summed E-state index contributed by atoms with van der Waals surface area (Å²) in [5, 5.41) is 17.4. The number of aliphatic hydroxyl groups is 1. The summed E-state index contributed by atoms with van der Waals surface area (Å²) in [6, 6.07) is 0. The van der Waals surface area contributed by atoms with Crippen LogP contribution in [0.25, 0.3) is 0 Å². The van der Waals surface area contributed by atoms with Gasteiger partial charge >= 0.3 is 7.48 Å². The van der Waals surface area contributed by atoms with Gasteiger partial charge in [-0.25, -0.2) is 0 Å². The molecule has 2 N–H and O–H groups in total. The van der Waals surface area contributed by atoms with Crippen LogP contribution < -0.4 is 0 Å². The van der Waals surface area contributed by atoms with E-state index < -0.39 is 11.2 Å². The van der Waals surface area contributed by atoms with Crippen molar-refractivity contribution in [1.82, 2.24) is 0 Å². The first-order chi connectivity index (χ1) is 7.12. The van der Waals surface area contributed by atoms with Gasteiger partial charge in [0.2, 0.25) is 0 Å². The minimum Gasteiger partial charge on any atom is -0.432 e. The Kier molecular flexibility index (Phi) is 5.36. The molecular weight excluding hydrogens is 203 g/mol. The Bertz CT molecular complexity index is 270. The zero-order valence-electron chi connectivity index (χ0n) is 11.0. The minimum atomic E-state index is -0.951. The van der Waals surface area contributed by atoms with E-state index in [-0.39, 0.29) is 5.82 Å². The normalized spacial score (nSPS) is 15.2. The lowest BCUT2D eigenvalue weighted by Crippen LogP contribution is -2.48. The maximum Gasteiger partial charge on any atom is 0.308 e. The van der Waals surface area contributed by atoms with E-state index in [9.17, 15) is 5.11 Å². The summed E-state index contributed by atoms with van der Waals surface area (Å²) in [7, 11) is 3.21. The molecule has 1 radical (unpaired) electrons. The molecule has 0 aromatic rings. The topological polar surface area (TPSA) is 65.7 Å². The van der Waals surface area contributed by atoms with Gasteiger partial charge in [0.1, 0.15) is 0 Å². The van der Waals surface area contributed by atoms with E-state index in [2.05, 4.69) is 4.99 Å². The van der Waals surface area contributed by atoms with Gasteiger partial charge in [0.15, 0.2) is 0 Å². The van der Waals surface area contributed by atoms with E-state index in [1.807, 2.05) is 13.8 Å². The minimum absolute atomic E-state index is 0.244. The van der Waals surface area contributed by atoms with Crippen LogP contribution in [0.1, 0.15) is 34.6 Å². The van der Waals surface area contributed by atoms with Gasteiger partial charge in [0, 0.05) is 24.8 Å². The Balaban J connectivity index is 4.48. The molecular formula is C11H22BN2O2. The number of hydrogen-bond acceptors (Lipinski definition) is 4. The zero-order chi connectivity index (χ0) is 13.0. The van der Waals surface area contributed by atoms with Crippen LogP contribution in [-0.4, -0.2) is 42.8 Å². The summed E-state index contributed by atoms with van der Waals surface area (Å²) in [4.78, 5) is 3.88. The molecule has 0 saturated carbocycles. The molecule has 1 atom stereocenters. The van der Waals surface area contributed by atoms with Crippen LogP contribution in [0.5, 0.6) is 0 Å². The van der Waals surface area contributed by atoms with Gasteiger partial charge in [0.05, 0.1) is 11.2 Å². The average molecular weight is 225 g/mol. The lowest BCUT2D eigenvalue weighted by Gasteiger charge is -2.38. The summed E-state index contributed by atoms with van der Waals surface area (Å²) >= 11 is 0. The summed E-state index contributed by atoms with van der Waals surface area (Å²) in [6.45, 7) is 8.71. The van der Waals surface area contributed by atoms with Crippen molar-refractivity contribution in [2.75, 3.05) is 7.05 Å². The van der Waals surface area contributed by atoms with Crippen molar-refractivity contribution in [2.24, 2.45) is 4.99 Å². The molecule has 0 aromatic heterocycles. The van der Waals surface area contributed by atoms with Crippen molar-refractivity contribution < 1.29 is 9.76 Å². The van der Waals surface area contributed by atoms with Gasteiger partial charge in [-0.15, -0.1) is 0 Å². The zero-order valence-corrected chi connectivity index (χ0v) is 11.0. The number of rotatable bonds is 6. The van der Waals surface area contributed by atoms with Crippen LogP contribution in [0.4, 0.5) is 0 Å². The predicted octanol–water partition coefficient (Wildman–Crippen LogP) is 1.70. The molecule has 0 amide bonds. The van der Waals surface area contributed by atoms with Crippen molar-refractivity contribution >= 4 is 19.4 Å². The van der Waals surface area contributed by atoms with E-state index in [0.717, 1.165) is 0 Å². The molecule has 1 unspecified atom stereocenters. The fourth-order valence-corrected chi connectivity index (χ4v) is 0.797. The maximum absolute atomic E-state index is 9.89. The monoisotopic (exact) mass is 225 g/mol. The maximum atomic E-state index is 9.89. The van der Waals surface area contributed by atoms with Gasteiger partial charge in [-0.3, -0.25) is 0 Å². The van der Waals surface area contributed by atoms with E-state index >= 15 is 0 Å². The molecule has 0 fully saturated rings. The molecule has 16 heavy (non-hydrogen) atoms. The highest BCUT2D eigenvalue weighted by Gasteiger charge is 2.36. The van der Waals surface area contributed by atoms with Crippen molar-refractivity contribution in [3.63, 3.8) is 0 Å². The van der Waals surface area contributed by atoms with Crippen LogP contribution in [-0.2, 0) is 4.65 Å². The second-order valence-electron chi connectivity index (χ2n) is 4.94. The molecule has 5 heteroatoms. The van der Waals surface area contributed by atoms with E-state index in [1.165, 1.54) is 0 Å². The number of aliphatic imine (C=N–C) groups is 1. The molecule has 0 aromatic carbocycles. The number of nitrogens with zero attached hydrogens (tertiary/aromatic N) is 1. The van der Waals surface area contributed by atoms with Crippen LogP contribution in [0.15, 0.2) is 4.99 Å². The fourth-order valence-electron chi connectivity index (χ4n) is 0.797. The standard InChI is InChI=1S/C11H22BN2O2/c1-8(13)9(7-14-6)12-16-11(4,5)10(2,3)15/h7,9,13,15H,1-6H3. The SMILES string of the molecule is CN=CC([B]OC(C)(C)C(C)(C)O)C(C)=N. The Morgan fingerprint density at radius 2 is 1.94 bits per heavy atom. The highest BCUT2D eigenvalue weighted by atomic mass is 16.5. The quantitative estimate of drug-likeness (QED) is 0.533. The Morgan fingerprint density at radius 3 is 2.25 bits per heavy atom. The molecule has 0 spiro atoms. The van der Waals surface area contributed by atoms with Crippen LogP contribution >= 0.6 is 0 Å². The first-order valence-electron chi connectivity index (χ1n) is 5.32. The van der Waals surface area contributed by atoms with Crippen molar-refractivity contribution in [3.05, 3.63) is 0 Å². The van der Waals surface area contributed by atoms with Crippen molar-refractivity contribution in [3.8, 4) is 0 Å². The van der Waals surface area contributed by atoms with Crippen molar-refractivity contribution in [1.29, 1.82) is 5.41 Å². The van der Waals surface area contributed by atoms with Gasteiger partial charge in [-0.2, -0.15) is 0 Å². The smallest absolute Gasteiger partial charge is 0.308 e. The summed E-state index contributed by atoms with van der Waals surface area (Å²) < 4.78 is 5.56. The first kappa shape index (κ1) is 15.3. The van der Waals surface area contributed by atoms with Crippen LogP contribution in [0.3, 0.4) is 0 Å². The van der Waals surface area contributed by atoms with Gasteiger partial charge < -0.3 is 20.2 Å². The van der Waals surface area contributed by atoms with Crippen molar-refractivity contribution in [2.45, 2.75) is 51.6 Å². The highest BCUT2D eigenvalue weighted by Crippen LogP contribution is 2.25. The largest absolute Gasteiger partial charge is 0.432 e. The molecule has 0 bridgehead atoms. The fraction of sp³-hybridized carbons (Fsp3) is 0.818. The molecule has 4 nitrogen and oxygen atoms in total. The Morgan fingerprint density at radius 1 is 1.44 bits per heavy atom. The predicted molar refractivity (Wildman–Crippen MR) is 68.8 cm³/mol. The molecule has 0 heterocycles. The first-order valence-corrected chi connectivity index (χ1v) is 5.32. The molecule has 0 rings (SSSR count). The van der Waals surface area contributed by atoms with E-state index in [4.69, 9.17) is 10.1 Å². The third-order valence-electron chi connectivity index (χ3n) is 2.79. The second-order valence-corrected chi connectivity index (χ2v) is 4.94. The number of nitrogens with one attached hydrogen (secondary N) is 1. The molecule has 0 aliphatic rings. The van der Waals surface area contributed by atoms with Gasteiger partial charge in [-0.05, 0) is 34.6 Å².